The number of hydrogen-bond acceptors (Lipinski definition) is 4. The van der Waals surface area contributed by atoms with Crippen LogP contribution < -0.4 is 16.7 Å². The van der Waals surface area contributed by atoms with Crippen LogP contribution in [0.25, 0.3) is 0 Å². The zero-order valence-corrected chi connectivity index (χ0v) is 17.8. The van der Waals surface area contributed by atoms with Crippen molar-refractivity contribution >= 4 is 28.1 Å². The van der Waals surface area contributed by atoms with Gasteiger partial charge in [0.05, 0.1) is 0 Å². The van der Waals surface area contributed by atoms with Gasteiger partial charge >= 0.3 is 171 Å². The molecule has 0 N–H and O–H groups in total. The fourth-order valence-electron chi connectivity index (χ4n) is 3.22. The van der Waals surface area contributed by atoms with Crippen LogP contribution in [0.4, 0.5) is 0 Å². The molecule has 2 atom stereocenters. The van der Waals surface area contributed by atoms with Gasteiger partial charge in [-0.25, -0.2) is 0 Å². The third-order valence-electron chi connectivity index (χ3n) is 4.69. The van der Waals surface area contributed by atoms with Gasteiger partial charge in [-0.3, -0.25) is 0 Å². The number of ether oxygens (including phenoxy) is 4. The van der Waals surface area contributed by atoms with E-state index < -0.39 is 20.9 Å². The van der Waals surface area contributed by atoms with Gasteiger partial charge in [0.25, 0.3) is 0 Å². The molecule has 0 spiro atoms. The summed E-state index contributed by atoms with van der Waals surface area (Å²) < 4.78 is 25.9. The normalized spacial score (nSPS) is 23.0. The predicted octanol–water partition coefficient (Wildman–Crippen LogP) is 3.15. The number of benzene rings is 2. The van der Waals surface area contributed by atoms with Gasteiger partial charge in [-0.15, -0.1) is 0 Å². The van der Waals surface area contributed by atoms with Gasteiger partial charge in [-0.1, -0.05) is 0 Å². The molecule has 4 rings (SSSR count). The number of rotatable bonds is 6. The Morgan fingerprint density at radius 1 is 0.630 bits per heavy atom. The van der Waals surface area contributed by atoms with E-state index in [4.69, 9.17) is 18.9 Å². The van der Waals surface area contributed by atoms with Crippen molar-refractivity contribution in [2.45, 2.75) is 51.1 Å². The molecule has 2 aromatic rings. The summed E-state index contributed by atoms with van der Waals surface area (Å²) in [7, 11) is 0. The minimum absolute atomic E-state index is 0.0817. The molecule has 0 aliphatic carbocycles. The van der Waals surface area contributed by atoms with Gasteiger partial charge in [-0.05, 0) is 0 Å². The molecule has 0 radical (unpaired) electrons. The molecular weight excluding hydrogens is 456 g/mol. The first-order valence-electron chi connectivity index (χ1n) is 9.80. The van der Waals surface area contributed by atoms with Gasteiger partial charge < -0.3 is 0 Å². The Bertz CT molecular complexity index is 628. The van der Waals surface area contributed by atoms with Crippen molar-refractivity contribution in [3.05, 3.63) is 48.5 Å². The fraction of sp³-hybridized carbons (Fsp3) is 0.455. The van der Waals surface area contributed by atoms with Crippen LogP contribution in [-0.2, 0) is 9.47 Å². The van der Waals surface area contributed by atoms with Crippen LogP contribution >= 0.6 is 0 Å². The summed E-state index contributed by atoms with van der Waals surface area (Å²) >= 11 is -0.412. The van der Waals surface area contributed by atoms with Crippen molar-refractivity contribution in [2.75, 3.05) is 13.2 Å². The van der Waals surface area contributed by atoms with E-state index in [-0.39, 0.29) is 12.6 Å². The molecule has 2 aromatic carbocycles. The van der Waals surface area contributed by atoms with E-state index in [9.17, 15) is 0 Å². The van der Waals surface area contributed by atoms with E-state index in [1.54, 1.807) is 0 Å². The molecular formula is C22H26O4Te. The van der Waals surface area contributed by atoms with Gasteiger partial charge in [0.15, 0.2) is 0 Å². The first kappa shape index (κ1) is 19.1. The molecule has 5 heteroatoms. The van der Waals surface area contributed by atoms with Crippen molar-refractivity contribution in [3.8, 4) is 11.5 Å². The van der Waals surface area contributed by atoms with Crippen molar-refractivity contribution in [2.24, 2.45) is 0 Å². The summed E-state index contributed by atoms with van der Waals surface area (Å²) in [6.07, 6.45) is 6.45. The maximum absolute atomic E-state index is 5.91. The van der Waals surface area contributed by atoms with Crippen LogP contribution in [0.3, 0.4) is 0 Å². The molecule has 4 nitrogen and oxygen atoms in total. The van der Waals surface area contributed by atoms with Crippen LogP contribution in [-0.4, -0.2) is 46.7 Å². The van der Waals surface area contributed by atoms with Gasteiger partial charge in [0, 0.05) is 0 Å². The second kappa shape index (κ2) is 9.80. The van der Waals surface area contributed by atoms with Crippen LogP contribution in [0.15, 0.2) is 48.5 Å². The van der Waals surface area contributed by atoms with E-state index in [0.717, 1.165) is 50.4 Å². The van der Waals surface area contributed by atoms with Gasteiger partial charge in [-0.2, -0.15) is 0 Å². The van der Waals surface area contributed by atoms with E-state index in [1.165, 1.54) is 20.1 Å². The van der Waals surface area contributed by atoms with Crippen molar-refractivity contribution < 1.29 is 18.9 Å². The molecule has 2 unspecified atom stereocenters. The summed E-state index contributed by atoms with van der Waals surface area (Å²) in [6, 6.07) is 17.0. The summed E-state index contributed by atoms with van der Waals surface area (Å²) in [5.74, 6) is 1.80. The third kappa shape index (κ3) is 5.86. The Hall–Kier alpha value is -1.25. The van der Waals surface area contributed by atoms with Crippen LogP contribution in [0.5, 0.6) is 11.5 Å². The van der Waals surface area contributed by atoms with Crippen LogP contribution in [0.1, 0.15) is 38.5 Å². The summed E-state index contributed by atoms with van der Waals surface area (Å²) in [4.78, 5) is 0. The Kier molecular flexibility index (Phi) is 6.92. The molecule has 0 aromatic heterocycles. The zero-order chi connectivity index (χ0) is 18.3. The second-order valence-corrected chi connectivity index (χ2v) is 10.1. The predicted molar refractivity (Wildman–Crippen MR) is 106 cm³/mol. The van der Waals surface area contributed by atoms with Gasteiger partial charge in [0.2, 0.25) is 0 Å². The number of hydrogen-bond donors (Lipinski definition) is 0. The van der Waals surface area contributed by atoms with Gasteiger partial charge in [0.1, 0.15) is 0 Å². The topological polar surface area (TPSA) is 36.9 Å². The van der Waals surface area contributed by atoms with Crippen molar-refractivity contribution in [3.63, 3.8) is 0 Å². The molecule has 2 saturated heterocycles. The first-order chi connectivity index (χ1) is 13.3. The molecule has 144 valence electrons. The molecule has 27 heavy (non-hydrogen) atoms. The summed E-state index contributed by atoms with van der Waals surface area (Å²) in [6.45, 7) is 1.61. The summed E-state index contributed by atoms with van der Waals surface area (Å²) in [5.41, 5.74) is 0. The molecule has 0 saturated carbocycles. The standard InChI is InChI=1S/C22H26O4Te/c1-3-15-23-21(5-1)25-17-7-11-19(12-8-17)27-20-13-9-18(10-14-20)26-22-6-2-4-16-24-22/h7-14,21-22H,1-6,15-16H2. The zero-order valence-electron chi connectivity index (χ0n) is 15.5. The van der Waals surface area contributed by atoms with E-state index in [1.807, 2.05) is 0 Å². The Morgan fingerprint density at radius 2 is 1.07 bits per heavy atom. The fourth-order valence-corrected chi connectivity index (χ4v) is 5.55. The van der Waals surface area contributed by atoms with Crippen molar-refractivity contribution in [1.29, 1.82) is 0 Å². The minimum atomic E-state index is -0.412. The Balaban J connectivity index is 1.29. The second-order valence-electron chi connectivity index (χ2n) is 6.87. The molecule has 0 bridgehead atoms. The van der Waals surface area contributed by atoms with Crippen LogP contribution in [0, 0.1) is 0 Å². The maximum atomic E-state index is 5.91. The van der Waals surface area contributed by atoms with E-state index in [2.05, 4.69) is 48.5 Å². The first-order valence-corrected chi connectivity index (χ1v) is 12.1. The summed E-state index contributed by atoms with van der Waals surface area (Å²) in [5, 5.41) is 0. The molecule has 2 heterocycles. The van der Waals surface area contributed by atoms with Crippen molar-refractivity contribution in [1.82, 2.24) is 0 Å². The average molecular weight is 482 g/mol. The SMILES string of the molecule is c1cc([Te]c2ccc(OC3CCCCO3)cc2)ccc1OC1CCCCO1. The average Bonchev–Trinajstić information content (AvgIpc) is 2.73. The van der Waals surface area contributed by atoms with Crippen LogP contribution in [0.2, 0.25) is 0 Å². The monoisotopic (exact) mass is 484 g/mol. The molecule has 2 aliphatic heterocycles. The molecule has 0 amide bonds. The molecule has 2 aliphatic rings. The molecule has 2 fully saturated rings. The van der Waals surface area contributed by atoms with E-state index in [0.29, 0.717) is 0 Å². The van der Waals surface area contributed by atoms with E-state index >= 15 is 0 Å². The Morgan fingerprint density at radius 3 is 1.44 bits per heavy atom. The third-order valence-corrected chi connectivity index (χ3v) is 7.59. The quantitative estimate of drug-likeness (QED) is 0.594. The Labute approximate surface area is 171 Å².